The fourth-order valence-electron chi connectivity index (χ4n) is 2.46. The van der Waals surface area contributed by atoms with Crippen LogP contribution in [0.4, 0.5) is 5.82 Å². The number of hydrogen-bond donors (Lipinski definition) is 1. The van der Waals surface area contributed by atoms with E-state index in [2.05, 4.69) is 10.1 Å². The molecule has 2 N–H and O–H groups in total. The molecule has 0 atom stereocenters. The summed E-state index contributed by atoms with van der Waals surface area (Å²) >= 11 is 2.85. The van der Waals surface area contributed by atoms with Crippen LogP contribution in [-0.4, -0.2) is 27.5 Å². The van der Waals surface area contributed by atoms with Crippen molar-refractivity contribution in [1.29, 1.82) is 0 Å². The van der Waals surface area contributed by atoms with E-state index < -0.39 is 5.56 Å². The number of ketones is 1. The van der Waals surface area contributed by atoms with Crippen molar-refractivity contribution in [2.24, 2.45) is 0 Å². The minimum atomic E-state index is -0.450. The van der Waals surface area contributed by atoms with Crippen molar-refractivity contribution in [3.05, 3.63) is 63.0 Å². The first-order chi connectivity index (χ1) is 12.6. The molecule has 0 bridgehead atoms. The molecule has 7 nitrogen and oxygen atoms in total. The monoisotopic (exact) mass is 384 g/mol. The number of carbonyl (C=O) groups excluding carboxylic acids is 1. The topological polar surface area (TPSA) is 99.6 Å². The van der Waals surface area contributed by atoms with Crippen LogP contribution in [0.3, 0.4) is 0 Å². The summed E-state index contributed by atoms with van der Waals surface area (Å²) in [5.41, 5.74) is 6.56. The number of fused-ring (bicyclic) bond motifs is 1. The van der Waals surface area contributed by atoms with E-state index in [0.717, 1.165) is 9.88 Å². The van der Waals surface area contributed by atoms with E-state index in [1.54, 1.807) is 29.6 Å². The molecule has 1 aliphatic rings. The molecule has 0 amide bonds. The zero-order valence-corrected chi connectivity index (χ0v) is 15.1. The van der Waals surface area contributed by atoms with E-state index in [9.17, 15) is 9.59 Å². The lowest BCUT2D eigenvalue weighted by Gasteiger charge is -2.08. The summed E-state index contributed by atoms with van der Waals surface area (Å²) in [7, 11) is 1.42. The van der Waals surface area contributed by atoms with Crippen molar-refractivity contribution in [2.45, 2.75) is 0 Å². The highest BCUT2D eigenvalue weighted by Gasteiger charge is 2.16. The van der Waals surface area contributed by atoms with Crippen molar-refractivity contribution in [3.63, 3.8) is 0 Å². The molecule has 130 valence electrons. The van der Waals surface area contributed by atoms with E-state index in [1.807, 2.05) is 17.5 Å². The average molecular weight is 384 g/mol. The summed E-state index contributed by atoms with van der Waals surface area (Å²) < 4.78 is 6.49. The Kier molecular flexibility index (Phi) is 4.02. The lowest BCUT2D eigenvalue weighted by atomic mass is 10.0. The molecule has 26 heavy (non-hydrogen) atoms. The van der Waals surface area contributed by atoms with Gasteiger partial charge in [-0.3, -0.25) is 9.59 Å². The molecule has 0 aliphatic heterocycles. The number of aromatic nitrogens is 3. The van der Waals surface area contributed by atoms with Gasteiger partial charge in [-0.05, 0) is 35.2 Å². The Labute approximate surface area is 155 Å². The standard InChI is InChI=1S/C17H12N4O3S2/c1-24-12-8-9(4-5-11(12)22)7-10-14(18)21-17(19-15(10)23)26-16(20-21)13-3-2-6-25-13/h2-8H,18H2,1H3/b9-7-. The predicted octanol–water partition coefficient (Wildman–Crippen LogP) is 2.51. The Morgan fingerprint density at radius 3 is 2.88 bits per heavy atom. The molecule has 0 saturated heterocycles. The Morgan fingerprint density at radius 2 is 2.15 bits per heavy atom. The van der Waals surface area contributed by atoms with Crippen LogP contribution in [-0.2, 0) is 9.53 Å². The van der Waals surface area contributed by atoms with Gasteiger partial charge in [0, 0.05) is 0 Å². The first-order valence-electron chi connectivity index (χ1n) is 7.50. The summed E-state index contributed by atoms with van der Waals surface area (Å²) in [5, 5.41) is 7.17. The molecule has 0 spiro atoms. The highest BCUT2D eigenvalue weighted by molar-refractivity contribution is 7.23. The fourth-order valence-corrected chi connectivity index (χ4v) is 4.15. The largest absolute Gasteiger partial charge is 0.493 e. The Bertz CT molecular complexity index is 1170. The quantitative estimate of drug-likeness (QED) is 0.745. The number of nitrogens with zero attached hydrogens (tertiary/aromatic N) is 3. The number of carbonyl (C=O) groups is 1. The van der Waals surface area contributed by atoms with Gasteiger partial charge in [-0.15, -0.1) is 11.3 Å². The van der Waals surface area contributed by atoms with Gasteiger partial charge in [0.2, 0.25) is 10.7 Å². The summed E-state index contributed by atoms with van der Waals surface area (Å²) in [6, 6.07) is 3.87. The van der Waals surface area contributed by atoms with Crippen LogP contribution in [0.1, 0.15) is 5.56 Å². The predicted molar refractivity (Wildman–Crippen MR) is 102 cm³/mol. The smallest absolute Gasteiger partial charge is 0.283 e. The summed E-state index contributed by atoms with van der Waals surface area (Å²) in [4.78, 5) is 29.6. The molecule has 0 aromatic carbocycles. The zero-order valence-electron chi connectivity index (χ0n) is 13.5. The number of thiophene rings is 1. The third kappa shape index (κ3) is 2.76. The molecular formula is C17H12N4O3S2. The second-order valence-corrected chi connectivity index (χ2v) is 7.25. The Balaban J connectivity index is 1.85. The third-order valence-electron chi connectivity index (χ3n) is 3.72. The van der Waals surface area contributed by atoms with Crippen LogP contribution in [0.15, 0.2) is 51.9 Å². The summed E-state index contributed by atoms with van der Waals surface area (Å²) in [6.45, 7) is 0. The highest BCUT2D eigenvalue weighted by Crippen LogP contribution is 2.29. The van der Waals surface area contributed by atoms with E-state index >= 15 is 0 Å². The maximum atomic E-state index is 12.4. The number of methoxy groups -OCH3 is 1. The number of anilines is 1. The van der Waals surface area contributed by atoms with Gasteiger partial charge in [-0.2, -0.15) is 14.6 Å². The van der Waals surface area contributed by atoms with Crippen LogP contribution in [0.5, 0.6) is 0 Å². The van der Waals surface area contributed by atoms with Crippen LogP contribution in [0.2, 0.25) is 0 Å². The SMILES string of the molecule is COC1=C/C(=C\c2c(N)n3nc(-c4cccs4)sc3nc2=O)C=CC1=O. The maximum Gasteiger partial charge on any atom is 0.283 e. The van der Waals surface area contributed by atoms with Gasteiger partial charge < -0.3 is 10.5 Å². The molecule has 1 aliphatic carbocycles. The second kappa shape index (κ2) is 6.36. The highest BCUT2D eigenvalue weighted by atomic mass is 32.1. The van der Waals surface area contributed by atoms with Gasteiger partial charge in [0.05, 0.1) is 17.6 Å². The Hall–Kier alpha value is -3.04. The maximum absolute atomic E-state index is 12.4. The first-order valence-corrected chi connectivity index (χ1v) is 9.19. The van der Waals surface area contributed by atoms with Crippen molar-refractivity contribution in [1.82, 2.24) is 14.6 Å². The molecule has 0 unspecified atom stereocenters. The zero-order chi connectivity index (χ0) is 18.3. The number of ether oxygens (including phenoxy) is 1. The molecule has 3 heterocycles. The summed E-state index contributed by atoms with van der Waals surface area (Å²) in [5.74, 6) is 0.160. The lowest BCUT2D eigenvalue weighted by molar-refractivity contribution is -0.114. The van der Waals surface area contributed by atoms with E-state index in [4.69, 9.17) is 10.5 Å². The molecule has 0 fully saturated rings. The number of rotatable bonds is 3. The van der Waals surface area contributed by atoms with Crippen molar-refractivity contribution in [3.8, 4) is 9.88 Å². The second-order valence-electron chi connectivity index (χ2n) is 5.35. The normalized spacial score (nSPS) is 15.7. The molecule has 0 saturated carbocycles. The molecule has 9 heteroatoms. The average Bonchev–Trinajstić information content (AvgIpc) is 3.29. The van der Waals surface area contributed by atoms with Gasteiger partial charge in [0.15, 0.2) is 10.8 Å². The van der Waals surface area contributed by atoms with E-state index in [0.29, 0.717) is 10.5 Å². The van der Waals surface area contributed by atoms with Crippen LogP contribution < -0.4 is 11.3 Å². The van der Waals surface area contributed by atoms with Crippen molar-refractivity contribution < 1.29 is 9.53 Å². The number of nitrogens with two attached hydrogens (primary N) is 1. The van der Waals surface area contributed by atoms with Gasteiger partial charge >= 0.3 is 0 Å². The molecule has 3 aromatic heterocycles. The van der Waals surface area contributed by atoms with E-state index in [1.165, 1.54) is 29.0 Å². The molecule has 4 rings (SSSR count). The minimum absolute atomic E-state index is 0.195. The number of nitrogen functional groups attached to an aromatic ring is 1. The molecule has 3 aromatic rings. The van der Waals surface area contributed by atoms with Crippen LogP contribution in [0, 0.1) is 0 Å². The number of allylic oxidation sites excluding steroid dienone is 4. The number of hydrogen-bond acceptors (Lipinski definition) is 8. The van der Waals surface area contributed by atoms with Gasteiger partial charge in [0.1, 0.15) is 5.82 Å². The summed E-state index contributed by atoms with van der Waals surface area (Å²) in [6.07, 6.45) is 6.09. The van der Waals surface area contributed by atoms with Crippen molar-refractivity contribution in [2.75, 3.05) is 12.8 Å². The van der Waals surface area contributed by atoms with Gasteiger partial charge in [0.25, 0.3) is 5.56 Å². The molecular weight excluding hydrogens is 372 g/mol. The van der Waals surface area contributed by atoms with Crippen LogP contribution in [0.25, 0.3) is 20.9 Å². The molecule has 0 radical (unpaired) electrons. The van der Waals surface area contributed by atoms with E-state index in [-0.39, 0.29) is 22.9 Å². The van der Waals surface area contributed by atoms with Gasteiger partial charge in [-0.25, -0.2) is 0 Å². The minimum Gasteiger partial charge on any atom is -0.493 e. The Morgan fingerprint density at radius 1 is 1.31 bits per heavy atom. The third-order valence-corrected chi connectivity index (χ3v) is 5.67. The first kappa shape index (κ1) is 16.4. The lowest BCUT2D eigenvalue weighted by Crippen LogP contribution is -2.17. The fraction of sp³-hybridized carbons (Fsp3) is 0.0588. The van der Waals surface area contributed by atoms with Gasteiger partial charge in [-0.1, -0.05) is 23.5 Å². The van der Waals surface area contributed by atoms with Crippen molar-refractivity contribution >= 4 is 45.3 Å². The van der Waals surface area contributed by atoms with Crippen LogP contribution >= 0.6 is 22.7 Å².